The van der Waals surface area contributed by atoms with Crippen LogP contribution >= 0.6 is 0 Å². The molecule has 1 rings (SSSR count). The van der Waals surface area contributed by atoms with Crippen LogP contribution in [0.2, 0.25) is 0 Å². The zero-order valence-corrected chi connectivity index (χ0v) is 11.2. The van der Waals surface area contributed by atoms with Gasteiger partial charge in [0.1, 0.15) is 0 Å². The van der Waals surface area contributed by atoms with E-state index in [1.807, 2.05) is 0 Å². The SMILES string of the molecule is CCOC(=O)[C@H]1[C@H](N(C)C)C(C)(C)S1(=O)=O. The summed E-state index contributed by atoms with van der Waals surface area (Å²) in [6, 6.07) is -0.323. The van der Waals surface area contributed by atoms with Gasteiger partial charge in [-0.25, -0.2) is 8.42 Å². The van der Waals surface area contributed by atoms with Gasteiger partial charge in [-0.2, -0.15) is 0 Å². The van der Waals surface area contributed by atoms with Crippen LogP contribution in [0.4, 0.5) is 0 Å². The fourth-order valence-corrected chi connectivity index (χ4v) is 4.69. The number of carbonyl (C=O) groups excluding carboxylic acids is 1. The van der Waals surface area contributed by atoms with Crippen LogP contribution in [0.15, 0.2) is 0 Å². The van der Waals surface area contributed by atoms with Crippen LogP contribution in [-0.4, -0.2) is 56.0 Å². The van der Waals surface area contributed by atoms with Gasteiger partial charge in [-0.15, -0.1) is 0 Å². The first kappa shape index (κ1) is 13.4. The Morgan fingerprint density at radius 1 is 1.38 bits per heavy atom. The van der Waals surface area contributed by atoms with E-state index in [0.717, 1.165) is 0 Å². The zero-order valence-electron chi connectivity index (χ0n) is 10.4. The van der Waals surface area contributed by atoms with Crippen LogP contribution in [0.5, 0.6) is 0 Å². The molecule has 1 fully saturated rings. The smallest absolute Gasteiger partial charge is 0.326 e. The van der Waals surface area contributed by atoms with Crippen molar-refractivity contribution in [1.82, 2.24) is 4.90 Å². The number of nitrogens with zero attached hydrogens (tertiary/aromatic N) is 1. The first-order valence-electron chi connectivity index (χ1n) is 5.24. The van der Waals surface area contributed by atoms with Crippen molar-refractivity contribution in [3.8, 4) is 0 Å². The lowest BCUT2D eigenvalue weighted by molar-refractivity contribution is -0.145. The highest BCUT2D eigenvalue weighted by Crippen LogP contribution is 2.43. The van der Waals surface area contributed by atoms with Crippen LogP contribution in [0.3, 0.4) is 0 Å². The summed E-state index contributed by atoms with van der Waals surface area (Å²) in [5.74, 6) is -0.638. The molecule has 0 radical (unpaired) electrons. The van der Waals surface area contributed by atoms with Gasteiger partial charge in [0.25, 0.3) is 0 Å². The van der Waals surface area contributed by atoms with Crippen LogP contribution in [0.1, 0.15) is 20.8 Å². The van der Waals surface area contributed by atoms with Gasteiger partial charge in [-0.3, -0.25) is 4.79 Å². The molecule has 0 aromatic rings. The van der Waals surface area contributed by atoms with E-state index in [0.29, 0.717) is 0 Å². The van der Waals surface area contributed by atoms with Crippen molar-refractivity contribution in [3.63, 3.8) is 0 Å². The molecule has 0 bridgehead atoms. The summed E-state index contributed by atoms with van der Waals surface area (Å²) in [4.78, 5) is 13.4. The Labute approximate surface area is 96.7 Å². The molecule has 0 spiro atoms. The first-order valence-corrected chi connectivity index (χ1v) is 6.79. The van der Waals surface area contributed by atoms with E-state index in [1.165, 1.54) is 0 Å². The molecule has 0 unspecified atom stereocenters. The van der Waals surface area contributed by atoms with Crippen molar-refractivity contribution < 1.29 is 17.9 Å². The van der Waals surface area contributed by atoms with E-state index in [9.17, 15) is 13.2 Å². The Hall–Kier alpha value is -0.620. The number of sulfone groups is 1. The van der Waals surface area contributed by atoms with Gasteiger partial charge in [0.2, 0.25) is 0 Å². The molecule has 0 aliphatic carbocycles. The number of hydrogen-bond acceptors (Lipinski definition) is 5. The van der Waals surface area contributed by atoms with Crippen molar-refractivity contribution in [1.29, 1.82) is 0 Å². The first-order chi connectivity index (χ1) is 7.17. The maximum absolute atomic E-state index is 12.0. The molecule has 1 aliphatic rings. The highest BCUT2D eigenvalue weighted by Gasteiger charge is 2.66. The number of hydrogen-bond donors (Lipinski definition) is 0. The molecule has 0 N–H and O–H groups in total. The predicted octanol–water partition coefficient (Wildman–Crippen LogP) is 0.0553. The van der Waals surface area contributed by atoms with Crippen LogP contribution < -0.4 is 0 Å². The quantitative estimate of drug-likeness (QED) is 0.662. The molecule has 1 saturated heterocycles. The molecule has 1 heterocycles. The van der Waals surface area contributed by atoms with E-state index in [1.54, 1.807) is 39.8 Å². The Morgan fingerprint density at radius 3 is 2.25 bits per heavy atom. The van der Waals surface area contributed by atoms with Crippen molar-refractivity contribution in [3.05, 3.63) is 0 Å². The van der Waals surface area contributed by atoms with E-state index >= 15 is 0 Å². The highest BCUT2D eigenvalue weighted by atomic mass is 32.2. The molecule has 0 aromatic heterocycles. The Kier molecular flexibility index (Phi) is 3.36. The normalized spacial score (nSPS) is 30.9. The Balaban J connectivity index is 3.05. The standard InChI is InChI=1S/C10H19NO4S/c1-6-15-9(12)7-8(11(4)5)10(2,3)16(7,13)14/h7-8H,6H2,1-5H3/t7-,8+/m1/s1. The molecule has 1 aliphatic heterocycles. The minimum atomic E-state index is -3.43. The average Bonchev–Trinajstić information content (AvgIpc) is 2.12. The molecular formula is C10H19NO4S. The second-order valence-corrected chi connectivity index (χ2v) is 7.38. The summed E-state index contributed by atoms with van der Waals surface area (Å²) < 4.78 is 27.9. The lowest BCUT2D eigenvalue weighted by Gasteiger charge is -2.51. The summed E-state index contributed by atoms with van der Waals surface area (Å²) >= 11 is 0. The average molecular weight is 249 g/mol. The molecule has 0 saturated carbocycles. The predicted molar refractivity (Wildman–Crippen MR) is 60.9 cm³/mol. The molecule has 0 aromatic carbocycles. The molecule has 2 atom stereocenters. The molecule has 5 nitrogen and oxygen atoms in total. The lowest BCUT2D eigenvalue weighted by Crippen LogP contribution is -2.73. The van der Waals surface area contributed by atoms with E-state index in [-0.39, 0.29) is 12.6 Å². The monoisotopic (exact) mass is 249 g/mol. The summed E-state index contributed by atoms with van der Waals surface area (Å²) in [6.45, 7) is 5.15. The van der Waals surface area contributed by atoms with Crippen molar-refractivity contribution in [2.24, 2.45) is 0 Å². The number of carbonyl (C=O) groups is 1. The minimum Gasteiger partial charge on any atom is -0.465 e. The second kappa shape index (κ2) is 4.00. The third-order valence-corrected chi connectivity index (χ3v) is 5.97. The van der Waals surface area contributed by atoms with Crippen LogP contribution in [0.25, 0.3) is 0 Å². The maximum atomic E-state index is 12.0. The highest BCUT2D eigenvalue weighted by molar-refractivity contribution is 7.95. The van der Waals surface area contributed by atoms with E-state index < -0.39 is 25.8 Å². The number of esters is 1. The summed E-state index contributed by atoms with van der Waals surface area (Å²) in [7, 11) is 0.110. The van der Waals surface area contributed by atoms with Crippen molar-refractivity contribution in [2.45, 2.75) is 36.8 Å². The summed E-state index contributed by atoms with van der Waals surface area (Å²) in [5.41, 5.74) is 0. The summed E-state index contributed by atoms with van der Waals surface area (Å²) in [5, 5.41) is -1.04. The molecule has 6 heteroatoms. The molecular weight excluding hydrogens is 230 g/mol. The molecule has 0 amide bonds. The van der Waals surface area contributed by atoms with Gasteiger partial charge >= 0.3 is 5.97 Å². The summed E-state index contributed by atoms with van der Waals surface area (Å²) in [6.07, 6.45) is 0. The Bertz CT molecular complexity index is 386. The van der Waals surface area contributed by atoms with Crippen molar-refractivity contribution >= 4 is 15.8 Å². The van der Waals surface area contributed by atoms with Gasteiger partial charge in [0.05, 0.1) is 17.4 Å². The van der Waals surface area contributed by atoms with Gasteiger partial charge in [-0.05, 0) is 34.9 Å². The Morgan fingerprint density at radius 2 is 1.88 bits per heavy atom. The van der Waals surface area contributed by atoms with Crippen molar-refractivity contribution in [2.75, 3.05) is 20.7 Å². The fraction of sp³-hybridized carbons (Fsp3) is 0.900. The number of ether oxygens (including phenoxy) is 1. The third-order valence-electron chi connectivity index (χ3n) is 3.14. The third kappa shape index (κ3) is 1.64. The molecule has 94 valence electrons. The second-order valence-electron chi connectivity index (χ2n) is 4.73. The lowest BCUT2D eigenvalue weighted by atomic mass is 9.96. The topological polar surface area (TPSA) is 63.7 Å². The van der Waals surface area contributed by atoms with Crippen LogP contribution in [0, 0.1) is 0 Å². The van der Waals surface area contributed by atoms with E-state index in [2.05, 4.69) is 0 Å². The molecule has 16 heavy (non-hydrogen) atoms. The van der Waals surface area contributed by atoms with Gasteiger partial charge < -0.3 is 9.64 Å². The fourth-order valence-electron chi connectivity index (χ4n) is 2.33. The van der Waals surface area contributed by atoms with Crippen LogP contribution in [-0.2, 0) is 19.4 Å². The largest absolute Gasteiger partial charge is 0.465 e. The number of rotatable bonds is 3. The van der Waals surface area contributed by atoms with E-state index in [4.69, 9.17) is 4.74 Å². The van der Waals surface area contributed by atoms with Gasteiger partial charge in [-0.1, -0.05) is 0 Å². The maximum Gasteiger partial charge on any atom is 0.326 e. The zero-order chi connectivity index (χ0) is 12.7. The van der Waals surface area contributed by atoms with Gasteiger partial charge in [0, 0.05) is 0 Å². The minimum absolute atomic E-state index is 0.200. The van der Waals surface area contributed by atoms with Gasteiger partial charge in [0.15, 0.2) is 15.1 Å².